The Labute approximate surface area is 242 Å². The van der Waals surface area contributed by atoms with Gasteiger partial charge in [0.1, 0.15) is 0 Å². The highest BCUT2D eigenvalue weighted by molar-refractivity contribution is 5.98. The zero-order chi connectivity index (χ0) is 30.7. The molecule has 0 aliphatic heterocycles. The summed E-state index contributed by atoms with van der Waals surface area (Å²) in [6.07, 6.45) is 1.14. The molecule has 222 valence electrons. The lowest BCUT2D eigenvalue weighted by molar-refractivity contribution is -0.140. The third-order valence-corrected chi connectivity index (χ3v) is 6.88. The molecule has 4 rings (SSSR count). The van der Waals surface area contributed by atoms with Gasteiger partial charge >= 0.3 is 12.1 Å². The van der Waals surface area contributed by atoms with Gasteiger partial charge in [-0.15, -0.1) is 0 Å². The zero-order valence-corrected chi connectivity index (χ0v) is 24.1. The van der Waals surface area contributed by atoms with E-state index in [2.05, 4.69) is 15.1 Å². The molecule has 0 spiro atoms. The van der Waals surface area contributed by atoms with Crippen LogP contribution < -0.4 is 4.90 Å². The van der Waals surface area contributed by atoms with Crippen molar-refractivity contribution in [3.05, 3.63) is 66.1 Å². The average Bonchev–Trinajstić information content (AvgIpc) is 3.35. The second-order valence-electron chi connectivity index (χ2n) is 11.3. The molecule has 1 N–H and O–H groups in total. The molecule has 0 aliphatic rings. The maximum absolute atomic E-state index is 13.5. The van der Waals surface area contributed by atoms with E-state index in [1.54, 1.807) is 17.2 Å². The van der Waals surface area contributed by atoms with Gasteiger partial charge in [0, 0.05) is 41.4 Å². The fraction of sp³-hybridized carbons (Fsp3) is 0.387. The number of alkyl halides is 3. The van der Waals surface area contributed by atoms with Crippen LogP contribution >= 0.6 is 0 Å². The summed E-state index contributed by atoms with van der Waals surface area (Å²) in [6, 6.07) is 11.6. The van der Waals surface area contributed by atoms with Gasteiger partial charge < -0.3 is 10.0 Å². The summed E-state index contributed by atoms with van der Waals surface area (Å²) in [4.78, 5) is 34.2. The Morgan fingerprint density at radius 1 is 0.976 bits per heavy atom. The molecule has 1 amide bonds. The fourth-order valence-electron chi connectivity index (χ4n) is 4.70. The molecule has 0 saturated carbocycles. The molecule has 0 bridgehead atoms. The van der Waals surface area contributed by atoms with Crippen LogP contribution in [0.3, 0.4) is 0 Å². The zero-order valence-electron chi connectivity index (χ0n) is 24.1. The molecule has 0 radical (unpaired) electrons. The minimum atomic E-state index is -4.62. The third-order valence-electron chi connectivity index (χ3n) is 6.88. The van der Waals surface area contributed by atoms with E-state index in [4.69, 9.17) is 5.11 Å². The van der Waals surface area contributed by atoms with Crippen molar-refractivity contribution >= 4 is 23.2 Å². The van der Waals surface area contributed by atoms with Gasteiger partial charge in [0.05, 0.1) is 17.6 Å². The summed E-state index contributed by atoms with van der Waals surface area (Å²) in [5, 5.41) is 13.3. The van der Waals surface area contributed by atoms with E-state index in [9.17, 15) is 22.8 Å². The highest BCUT2D eigenvalue weighted by Crippen LogP contribution is 2.35. The number of imidazole rings is 1. The van der Waals surface area contributed by atoms with Crippen LogP contribution in [-0.2, 0) is 15.8 Å². The Kier molecular flexibility index (Phi) is 8.98. The highest BCUT2D eigenvalue weighted by atomic mass is 19.4. The Hall–Kier alpha value is -4.28. The molecule has 1 aromatic carbocycles. The Balaban J connectivity index is 1.65. The molecule has 8 nitrogen and oxygen atoms in total. The van der Waals surface area contributed by atoms with Gasteiger partial charge in [-0.05, 0) is 55.7 Å². The van der Waals surface area contributed by atoms with Crippen LogP contribution in [0.2, 0.25) is 0 Å². The molecular weight excluding hydrogens is 547 g/mol. The van der Waals surface area contributed by atoms with E-state index >= 15 is 0 Å². The van der Waals surface area contributed by atoms with E-state index in [-0.39, 0.29) is 23.6 Å². The maximum Gasteiger partial charge on any atom is 0.434 e. The number of benzene rings is 1. The summed E-state index contributed by atoms with van der Waals surface area (Å²) >= 11 is 0. The number of aryl methyl sites for hydroxylation is 1. The first-order valence-corrected chi connectivity index (χ1v) is 13.8. The number of carbonyl (C=O) groups excluding carboxylic acids is 1. The van der Waals surface area contributed by atoms with Crippen LogP contribution in [0.4, 0.5) is 18.9 Å². The number of anilines is 1. The van der Waals surface area contributed by atoms with Crippen LogP contribution in [0, 0.1) is 12.3 Å². The number of unbranched alkanes of at least 4 members (excludes halogenated alkanes) is 3. The van der Waals surface area contributed by atoms with Gasteiger partial charge in [0.15, 0.2) is 11.3 Å². The molecule has 0 aliphatic carbocycles. The van der Waals surface area contributed by atoms with E-state index in [0.29, 0.717) is 24.3 Å². The van der Waals surface area contributed by atoms with Crippen molar-refractivity contribution < 1.29 is 27.9 Å². The number of carboxylic acids is 1. The number of halogens is 3. The quantitative estimate of drug-likeness (QED) is 0.199. The number of hydrogen-bond donors (Lipinski definition) is 1. The molecule has 42 heavy (non-hydrogen) atoms. The number of nitrogens with zero attached hydrogens (tertiary/aromatic N) is 5. The molecule has 0 saturated heterocycles. The third kappa shape index (κ3) is 7.13. The lowest BCUT2D eigenvalue weighted by atomic mass is 9.93. The minimum Gasteiger partial charge on any atom is -0.481 e. The number of fused-ring (bicyclic) bond motifs is 1. The Morgan fingerprint density at radius 2 is 1.71 bits per heavy atom. The van der Waals surface area contributed by atoms with Crippen molar-refractivity contribution in [3.63, 3.8) is 0 Å². The molecule has 11 heteroatoms. The van der Waals surface area contributed by atoms with Crippen molar-refractivity contribution in [1.29, 1.82) is 0 Å². The predicted molar refractivity (Wildman–Crippen MR) is 154 cm³/mol. The van der Waals surface area contributed by atoms with E-state index < -0.39 is 23.3 Å². The van der Waals surface area contributed by atoms with Gasteiger partial charge in [-0.1, -0.05) is 45.7 Å². The minimum absolute atomic E-state index is 0.0356. The lowest BCUT2D eigenvalue weighted by Crippen LogP contribution is -2.40. The van der Waals surface area contributed by atoms with Gasteiger partial charge in [0.2, 0.25) is 5.91 Å². The van der Waals surface area contributed by atoms with Crippen LogP contribution in [0.15, 0.2) is 54.9 Å². The first kappa shape index (κ1) is 30.7. The normalized spacial score (nSPS) is 12.1. The van der Waals surface area contributed by atoms with Crippen LogP contribution in [0.1, 0.15) is 64.1 Å². The van der Waals surface area contributed by atoms with Crippen LogP contribution in [-0.4, -0.2) is 43.1 Å². The van der Waals surface area contributed by atoms with Crippen LogP contribution in [0.25, 0.3) is 28.2 Å². The highest BCUT2D eigenvalue weighted by Gasteiger charge is 2.36. The number of carboxylic acid groups (broad SMARTS) is 1. The second kappa shape index (κ2) is 12.3. The number of hydrogen-bond acceptors (Lipinski definition) is 5. The first-order valence-electron chi connectivity index (χ1n) is 13.8. The molecule has 3 heterocycles. The van der Waals surface area contributed by atoms with Crippen molar-refractivity contribution in [1.82, 2.24) is 19.6 Å². The Morgan fingerprint density at radius 3 is 2.40 bits per heavy atom. The van der Waals surface area contributed by atoms with Gasteiger partial charge in [-0.25, -0.2) is 9.50 Å². The van der Waals surface area contributed by atoms with E-state index in [1.165, 1.54) is 22.7 Å². The molecular formula is C31H34F3N5O3. The standard InChI is InChI=1S/C31H34F3N5O3/c1-20-12-13-21(18-25(20)38(29(42)30(2,3)4)17-8-6-5-7-11-27(40)41)24-19-39-26(36-24)15-14-23(37-39)22-10-9-16-35-28(22)31(32,33)34/h9-10,12-16,18-19H,5-8,11,17H2,1-4H3,(H,40,41). The average molecular weight is 582 g/mol. The number of aromatic nitrogens is 4. The summed E-state index contributed by atoms with van der Waals surface area (Å²) in [5.74, 6) is -0.847. The van der Waals surface area contributed by atoms with E-state index in [0.717, 1.165) is 42.3 Å². The van der Waals surface area contributed by atoms with Crippen molar-refractivity contribution in [3.8, 4) is 22.5 Å². The van der Waals surface area contributed by atoms with Gasteiger partial charge in [-0.2, -0.15) is 18.3 Å². The van der Waals surface area contributed by atoms with Crippen molar-refractivity contribution in [2.75, 3.05) is 11.4 Å². The Bertz CT molecular complexity index is 1590. The molecule has 4 aromatic rings. The molecule has 3 aromatic heterocycles. The summed E-state index contributed by atoms with van der Waals surface area (Å²) in [6.45, 7) is 8.01. The predicted octanol–water partition coefficient (Wildman–Crippen LogP) is 7.20. The van der Waals surface area contributed by atoms with Crippen LogP contribution in [0.5, 0.6) is 0 Å². The number of aliphatic carboxylic acids is 1. The topological polar surface area (TPSA) is 101 Å². The summed E-state index contributed by atoms with van der Waals surface area (Å²) < 4.78 is 42.1. The molecule has 0 fully saturated rings. The maximum atomic E-state index is 13.5. The van der Waals surface area contributed by atoms with E-state index in [1.807, 2.05) is 45.9 Å². The number of pyridine rings is 1. The first-order chi connectivity index (χ1) is 19.8. The fourth-order valence-corrected chi connectivity index (χ4v) is 4.70. The smallest absolute Gasteiger partial charge is 0.434 e. The van der Waals surface area contributed by atoms with Gasteiger partial charge in [0.25, 0.3) is 0 Å². The second-order valence-corrected chi connectivity index (χ2v) is 11.3. The molecule has 0 atom stereocenters. The number of rotatable bonds is 10. The summed E-state index contributed by atoms with van der Waals surface area (Å²) in [7, 11) is 0. The largest absolute Gasteiger partial charge is 0.481 e. The monoisotopic (exact) mass is 581 g/mol. The number of amides is 1. The van der Waals surface area contributed by atoms with Crippen molar-refractivity contribution in [2.24, 2.45) is 5.41 Å². The van der Waals surface area contributed by atoms with Crippen molar-refractivity contribution in [2.45, 2.75) is 66.0 Å². The lowest BCUT2D eigenvalue weighted by Gasteiger charge is -2.31. The summed E-state index contributed by atoms with van der Waals surface area (Å²) in [5.41, 5.74) is 1.74. The van der Waals surface area contributed by atoms with Gasteiger partial charge in [-0.3, -0.25) is 14.6 Å². The number of carbonyl (C=O) groups is 2. The molecule has 0 unspecified atom stereocenters. The SMILES string of the molecule is Cc1ccc(-c2cn3nc(-c4cccnc4C(F)(F)F)ccc3n2)cc1N(CCCCCCC(=O)O)C(=O)C(C)(C)C.